The third kappa shape index (κ3) is 2.91. The number of halogens is 1. The number of ketones is 1. The number of Topliss-reactive ketones (excluding diaryl/α,β-unsaturated/α-hetero) is 1. The van der Waals surface area contributed by atoms with E-state index in [1.54, 1.807) is 19.1 Å². The Kier molecular flexibility index (Phi) is 3.59. The summed E-state index contributed by atoms with van der Waals surface area (Å²) in [6, 6.07) is 5.34. The van der Waals surface area contributed by atoms with E-state index in [0.29, 0.717) is 12.0 Å². The molecule has 0 heterocycles. The van der Waals surface area contributed by atoms with Gasteiger partial charge >= 0.3 is 0 Å². The van der Waals surface area contributed by atoms with Crippen LogP contribution in [0.5, 0.6) is 0 Å². The molecule has 0 aromatic heterocycles. The summed E-state index contributed by atoms with van der Waals surface area (Å²) >= 11 is 2.13. The van der Waals surface area contributed by atoms with Gasteiger partial charge in [-0.3, -0.25) is 9.59 Å². The molecule has 0 fully saturated rings. The lowest BCUT2D eigenvalue weighted by atomic mass is 10.1. The van der Waals surface area contributed by atoms with Gasteiger partial charge in [-0.1, -0.05) is 12.1 Å². The molecule has 0 bridgehead atoms. The molecular formula is C10H9IO2. The van der Waals surface area contributed by atoms with E-state index in [0.717, 1.165) is 15.4 Å². The summed E-state index contributed by atoms with van der Waals surface area (Å²) in [6.45, 7) is 1.56. The maximum Gasteiger partial charge on any atom is 0.150 e. The number of rotatable bonds is 3. The molecule has 0 saturated heterocycles. The Bertz CT molecular complexity index is 345. The topological polar surface area (TPSA) is 34.1 Å². The maximum absolute atomic E-state index is 10.8. The van der Waals surface area contributed by atoms with Gasteiger partial charge in [0.2, 0.25) is 0 Å². The van der Waals surface area contributed by atoms with Gasteiger partial charge in [0, 0.05) is 15.6 Å². The van der Waals surface area contributed by atoms with Gasteiger partial charge in [0.05, 0.1) is 0 Å². The third-order valence-electron chi connectivity index (χ3n) is 1.65. The van der Waals surface area contributed by atoms with Crippen LogP contribution >= 0.6 is 22.6 Å². The van der Waals surface area contributed by atoms with E-state index in [1.165, 1.54) is 0 Å². The molecule has 0 N–H and O–H groups in total. The Labute approximate surface area is 90.5 Å². The van der Waals surface area contributed by atoms with Crippen LogP contribution in [-0.2, 0) is 11.2 Å². The molecule has 0 aliphatic carbocycles. The smallest absolute Gasteiger partial charge is 0.150 e. The Hall–Kier alpha value is -0.710. The largest absolute Gasteiger partial charge is 0.300 e. The van der Waals surface area contributed by atoms with Crippen LogP contribution in [0.2, 0.25) is 0 Å². The zero-order chi connectivity index (χ0) is 9.84. The van der Waals surface area contributed by atoms with Crippen molar-refractivity contribution in [1.82, 2.24) is 0 Å². The van der Waals surface area contributed by atoms with Crippen LogP contribution in [-0.4, -0.2) is 12.1 Å². The first-order valence-corrected chi connectivity index (χ1v) is 4.94. The maximum atomic E-state index is 10.8. The lowest BCUT2D eigenvalue weighted by Gasteiger charge is -2.01. The molecule has 3 heteroatoms. The van der Waals surface area contributed by atoms with E-state index in [-0.39, 0.29) is 5.78 Å². The first kappa shape index (κ1) is 10.4. The van der Waals surface area contributed by atoms with Crippen LogP contribution < -0.4 is 0 Å². The fourth-order valence-electron chi connectivity index (χ4n) is 1.05. The van der Waals surface area contributed by atoms with Crippen LogP contribution in [0, 0.1) is 3.57 Å². The molecule has 1 rings (SSSR count). The summed E-state index contributed by atoms with van der Waals surface area (Å²) in [5.41, 5.74) is 1.63. The predicted molar refractivity (Wildman–Crippen MR) is 58.9 cm³/mol. The molecule has 0 unspecified atom stereocenters. The minimum absolute atomic E-state index is 0.136. The number of aldehydes is 1. The van der Waals surface area contributed by atoms with Crippen molar-refractivity contribution in [3.63, 3.8) is 0 Å². The van der Waals surface area contributed by atoms with Gasteiger partial charge in [-0.05, 0) is 41.1 Å². The van der Waals surface area contributed by atoms with Crippen LogP contribution in [0.4, 0.5) is 0 Å². The van der Waals surface area contributed by atoms with Crippen molar-refractivity contribution < 1.29 is 9.59 Å². The first-order chi connectivity index (χ1) is 6.13. The molecule has 0 radical (unpaired) electrons. The summed E-state index contributed by atoms with van der Waals surface area (Å²) in [7, 11) is 0. The number of hydrogen-bond donors (Lipinski definition) is 0. The molecule has 0 aliphatic heterocycles. The number of benzene rings is 1. The minimum Gasteiger partial charge on any atom is -0.300 e. The Morgan fingerprint density at radius 3 is 2.69 bits per heavy atom. The molecule has 0 amide bonds. The van der Waals surface area contributed by atoms with Crippen molar-refractivity contribution in [3.05, 3.63) is 32.9 Å². The summed E-state index contributed by atoms with van der Waals surface area (Å²) in [6.07, 6.45) is 1.25. The van der Waals surface area contributed by atoms with Crippen molar-refractivity contribution in [3.8, 4) is 0 Å². The highest BCUT2D eigenvalue weighted by Crippen LogP contribution is 2.14. The van der Waals surface area contributed by atoms with Crippen molar-refractivity contribution in [1.29, 1.82) is 0 Å². The third-order valence-corrected chi connectivity index (χ3v) is 2.66. The van der Waals surface area contributed by atoms with E-state index in [4.69, 9.17) is 0 Å². The van der Waals surface area contributed by atoms with Crippen molar-refractivity contribution in [2.45, 2.75) is 13.3 Å². The quantitative estimate of drug-likeness (QED) is 0.631. The van der Waals surface area contributed by atoms with Gasteiger partial charge < -0.3 is 0 Å². The normalized spacial score (nSPS) is 9.69. The fraction of sp³-hybridized carbons (Fsp3) is 0.200. The lowest BCUT2D eigenvalue weighted by Crippen LogP contribution is -1.99. The molecule has 0 spiro atoms. The molecule has 13 heavy (non-hydrogen) atoms. The van der Waals surface area contributed by atoms with E-state index >= 15 is 0 Å². The molecule has 1 aromatic rings. The summed E-state index contributed by atoms with van der Waals surface area (Å²) < 4.78 is 0.970. The summed E-state index contributed by atoms with van der Waals surface area (Å²) in [5, 5.41) is 0. The fourth-order valence-corrected chi connectivity index (χ4v) is 1.78. The molecule has 1 aromatic carbocycles. The average molecular weight is 288 g/mol. The summed E-state index contributed by atoms with van der Waals surface area (Å²) in [4.78, 5) is 21.3. The van der Waals surface area contributed by atoms with Crippen LogP contribution in [0.25, 0.3) is 0 Å². The second kappa shape index (κ2) is 4.50. The molecule has 0 atom stereocenters. The first-order valence-electron chi connectivity index (χ1n) is 3.86. The van der Waals surface area contributed by atoms with Gasteiger partial charge in [-0.25, -0.2) is 0 Å². The zero-order valence-corrected chi connectivity index (χ0v) is 9.37. The van der Waals surface area contributed by atoms with E-state index in [2.05, 4.69) is 22.6 Å². The second-order valence-electron chi connectivity index (χ2n) is 2.85. The molecule has 68 valence electrons. The molecule has 0 aliphatic rings. The molecule has 0 saturated carbocycles. The van der Waals surface area contributed by atoms with Crippen molar-refractivity contribution >= 4 is 34.7 Å². The summed E-state index contributed by atoms with van der Waals surface area (Å²) in [5.74, 6) is 0.136. The van der Waals surface area contributed by atoms with Crippen molar-refractivity contribution in [2.24, 2.45) is 0 Å². The second-order valence-corrected chi connectivity index (χ2v) is 4.01. The van der Waals surface area contributed by atoms with E-state index in [1.807, 2.05) is 6.07 Å². The Balaban J connectivity index is 2.98. The van der Waals surface area contributed by atoms with Crippen LogP contribution in [0.1, 0.15) is 22.8 Å². The average Bonchev–Trinajstić information content (AvgIpc) is 2.08. The lowest BCUT2D eigenvalue weighted by molar-refractivity contribution is -0.116. The van der Waals surface area contributed by atoms with Crippen molar-refractivity contribution in [2.75, 3.05) is 0 Å². The van der Waals surface area contributed by atoms with Crippen LogP contribution in [0.3, 0.4) is 0 Å². The zero-order valence-electron chi connectivity index (χ0n) is 7.21. The predicted octanol–water partition coefficient (Wildman–Crippen LogP) is 2.24. The molecular weight excluding hydrogens is 279 g/mol. The number of hydrogen-bond acceptors (Lipinski definition) is 2. The highest BCUT2D eigenvalue weighted by atomic mass is 127. The standard InChI is InChI=1S/C10H9IO2/c1-7(13)4-9-3-2-8(6-12)5-10(9)11/h2-3,5-6H,4H2,1H3. The van der Waals surface area contributed by atoms with E-state index < -0.39 is 0 Å². The van der Waals surface area contributed by atoms with Gasteiger partial charge in [-0.15, -0.1) is 0 Å². The van der Waals surface area contributed by atoms with Gasteiger partial charge in [-0.2, -0.15) is 0 Å². The molecule has 2 nitrogen and oxygen atoms in total. The Morgan fingerprint density at radius 1 is 1.54 bits per heavy atom. The Morgan fingerprint density at radius 2 is 2.23 bits per heavy atom. The van der Waals surface area contributed by atoms with Crippen LogP contribution in [0.15, 0.2) is 18.2 Å². The van der Waals surface area contributed by atoms with Gasteiger partial charge in [0.25, 0.3) is 0 Å². The minimum atomic E-state index is 0.136. The van der Waals surface area contributed by atoms with Gasteiger partial charge in [0.1, 0.15) is 12.1 Å². The highest BCUT2D eigenvalue weighted by molar-refractivity contribution is 14.1. The van der Waals surface area contributed by atoms with E-state index in [9.17, 15) is 9.59 Å². The number of carbonyl (C=O) groups excluding carboxylic acids is 2. The highest BCUT2D eigenvalue weighted by Gasteiger charge is 2.03. The number of carbonyl (C=O) groups is 2. The SMILES string of the molecule is CC(=O)Cc1ccc(C=O)cc1I. The monoisotopic (exact) mass is 288 g/mol. The van der Waals surface area contributed by atoms with Gasteiger partial charge in [0.15, 0.2) is 0 Å².